The number of aromatic nitrogens is 1. The predicted octanol–water partition coefficient (Wildman–Crippen LogP) is 2.86. The maximum Gasteiger partial charge on any atom is 0.329 e. The molecule has 1 saturated heterocycles. The first-order chi connectivity index (χ1) is 9.36. The number of nitrogens with zero attached hydrogens (tertiary/aromatic N) is 2. The van der Waals surface area contributed by atoms with E-state index < -0.39 is 11.5 Å². The summed E-state index contributed by atoms with van der Waals surface area (Å²) in [6.45, 7) is 1.97. The van der Waals surface area contributed by atoms with Gasteiger partial charge in [0.25, 0.3) is 5.91 Å². The van der Waals surface area contributed by atoms with E-state index in [1.165, 1.54) is 17.2 Å². The number of amides is 1. The largest absolute Gasteiger partial charge is 0.480 e. The van der Waals surface area contributed by atoms with Gasteiger partial charge in [-0.05, 0) is 32.3 Å². The Morgan fingerprint density at radius 1 is 1.40 bits per heavy atom. The van der Waals surface area contributed by atoms with Crippen molar-refractivity contribution in [2.24, 2.45) is 0 Å². The smallest absolute Gasteiger partial charge is 0.329 e. The van der Waals surface area contributed by atoms with Crippen molar-refractivity contribution in [3.05, 3.63) is 28.0 Å². The summed E-state index contributed by atoms with van der Waals surface area (Å²) in [5, 5.41) is 9.69. The quantitative estimate of drug-likeness (QED) is 0.852. The number of aliphatic carboxylic acids is 1. The number of carbonyl (C=O) groups is 2. The van der Waals surface area contributed by atoms with Crippen LogP contribution >= 0.6 is 23.2 Å². The minimum absolute atomic E-state index is 0.114. The normalized spacial score (nSPS) is 22.6. The molecule has 0 spiro atoms. The number of carbonyl (C=O) groups excluding carboxylic acids is 1. The minimum atomic E-state index is -1.19. The number of pyridine rings is 1. The fourth-order valence-corrected chi connectivity index (χ4v) is 2.63. The maximum absolute atomic E-state index is 12.5. The number of likely N-dealkylation sites (tertiary alicyclic amines) is 1. The maximum atomic E-state index is 12.5. The van der Waals surface area contributed by atoms with Crippen molar-refractivity contribution in [1.82, 2.24) is 9.88 Å². The summed E-state index contributed by atoms with van der Waals surface area (Å²) in [5.41, 5.74) is -0.949. The average molecular weight is 317 g/mol. The third-order valence-corrected chi connectivity index (χ3v) is 4.33. The van der Waals surface area contributed by atoms with Crippen LogP contribution in [0.1, 0.15) is 36.5 Å². The Morgan fingerprint density at radius 3 is 2.70 bits per heavy atom. The van der Waals surface area contributed by atoms with Crippen LogP contribution in [0.5, 0.6) is 0 Å². The van der Waals surface area contributed by atoms with Gasteiger partial charge in [-0.15, -0.1) is 0 Å². The summed E-state index contributed by atoms with van der Waals surface area (Å²) >= 11 is 11.6. The molecule has 0 aromatic carbocycles. The van der Waals surface area contributed by atoms with E-state index in [1.54, 1.807) is 6.92 Å². The zero-order chi connectivity index (χ0) is 14.9. The van der Waals surface area contributed by atoms with Crippen molar-refractivity contribution in [1.29, 1.82) is 0 Å². The van der Waals surface area contributed by atoms with Crippen LogP contribution in [0.3, 0.4) is 0 Å². The summed E-state index contributed by atoms with van der Waals surface area (Å²) in [5.74, 6) is -1.39. The third-order valence-electron chi connectivity index (χ3n) is 3.64. The molecule has 1 atom stereocenters. The van der Waals surface area contributed by atoms with Crippen LogP contribution < -0.4 is 0 Å². The number of piperidine rings is 1. The van der Waals surface area contributed by atoms with Crippen LogP contribution in [0.25, 0.3) is 0 Å². The Kier molecular flexibility index (Phi) is 4.20. The molecule has 7 heteroatoms. The summed E-state index contributed by atoms with van der Waals surface area (Å²) in [4.78, 5) is 29.2. The Labute approximate surface area is 126 Å². The molecule has 1 unspecified atom stereocenters. The van der Waals surface area contributed by atoms with Crippen LogP contribution in [0, 0.1) is 0 Å². The molecule has 1 aromatic heterocycles. The lowest BCUT2D eigenvalue weighted by atomic mass is 9.88. The molecule has 108 valence electrons. The second-order valence-electron chi connectivity index (χ2n) is 4.99. The Balaban J connectivity index is 2.35. The van der Waals surface area contributed by atoms with Crippen molar-refractivity contribution >= 4 is 35.1 Å². The first-order valence-corrected chi connectivity index (χ1v) is 6.98. The van der Waals surface area contributed by atoms with Gasteiger partial charge >= 0.3 is 5.97 Å². The van der Waals surface area contributed by atoms with Crippen LogP contribution in [0.2, 0.25) is 10.2 Å². The zero-order valence-corrected chi connectivity index (χ0v) is 12.4. The van der Waals surface area contributed by atoms with E-state index in [2.05, 4.69) is 4.98 Å². The second kappa shape index (κ2) is 5.58. The van der Waals surface area contributed by atoms with Gasteiger partial charge in [-0.3, -0.25) is 4.79 Å². The van der Waals surface area contributed by atoms with E-state index in [0.29, 0.717) is 13.0 Å². The molecule has 1 aliphatic rings. The molecule has 0 bridgehead atoms. The number of carboxylic acid groups (broad SMARTS) is 1. The van der Waals surface area contributed by atoms with Gasteiger partial charge in [0.1, 0.15) is 10.7 Å². The van der Waals surface area contributed by atoms with E-state index >= 15 is 0 Å². The number of carboxylic acids is 1. The van der Waals surface area contributed by atoms with Crippen molar-refractivity contribution in [2.75, 3.05) is 6.54 Å². The van der Waals surface area contributed by atoms with Gasteiger partial charge < -0.3 is 10.0 Å². The fraction of sp³-hybridized carbons (Fsp3) is 0.462. The lowest BCUT2D eigenvalue weighted by Gasteiger charge is -2.41. The lowest BCUT2D eigenvalue weighted by molar-refractivity contribution is -0.150. The number of hydrogen-bond donors (Lipinski definition) is 1. The highest BCUT2D eigenvalue weighted by Crippen LogP contribution is 2.30. The molecule has 1 amide bonds. The molecule has 1 aliphatic heterocycles. The third kappa shape index (κ3) is 2.60. The molecule has 1 fully saturated rings. The van der Waals surface area contributed by atoms with Gasteiger partial charge in [0.15, 0.2) is 0 Å². The Hall–Kier alpha value is -1.33. The zero-order valence-electron chi connectivity index (χ0n) is 10.9. The van der Waals surface area contributed by atoms with Gasteiger partial charge in [0, 0.05) is 12.7 Å². The molecule has 2 heterocycles. The highest BCUT2D eigenvalue weighted by Gasteiger charge is 2.44. The second-order valence-corrected chi connectivity index (χ2v) is 5.75. The molecular weight excluding hydrogens is 303 g/mol. The summed E-state index contributed by atoms with van der Waals surface area (Å²) < 4.78 is 0. The molecule has 0 radical (unpaired) electrons. The van der Waals surface area contributed by atoms with Crippen LogP contribution in [-0.2, 0) is 4.79 Å². The minimum Gasteiger partial charge on any atom is -0.480 e. The van der Waals surface area contributed by atoms with E-state index in [-0.39, 0.29) is 21.6 Å². The monoisotopic (exact) mass is 316 g/mol. The highest BCUT2D eigenvalue weighted by molar-refractivity contribution is 6.41. The van der Waals surface area contributed by atoms with Crippen molar-refractivity contribution in [3.63, 3.8) is 0 Å². The molecule has 0 saturated carbocycles. The molecule has 0 aliphatic carbocycles. The summed E-state index contributed by atoms with van der Waals surface area (Å²) in [7, 11) is 0. The molecule has 2 rings (SSSR count). The molecule has 1 N–H and O–H groups in total. The van der Waals surface area contributed by atoms with Crippen LogP contribution in [0.15, 0.2) is 12.3 Å². The lowest BCUT2D eigenvalue weighted by Crippen LogP contribution is -2.57. The number of hydrogen-bond acceptors (Lipinski definition) is 3. The average Bonchev–Trinajstić information content (AvgIpc) is 2.41. The topological polar surface area (TPSA) is 70.5 Å². The molecule has 5 nitrogen and oxygen atoms in total. The summed E-state index contributed by atoms with van der Waals surface area (Å²) in [6, 6.07) is 1.41. The molecular formula is C13H14Cl2N2O3. The van der Waals surface area contributed by atoms with Gasteiger partial charge in [0.05, 0.1) is 10.6 Å². The van der Waals surface area contributed by atoms with Crippen molar-refractivity contribution in [2.45, 2.75) is 31.7 Å². The van der Waals surface area contributed by atoms with E-state index in [0.717, 1.165) is 12.8 Å². The van der Waals surface area contributed by atoms with E-state index in [9.17, 15) is 14.7 Å². The number of rotatable bonds is 2. The Bertz CT molecular complexity index is 565. The van der Waals surface area contributed by atoms with Gasteiger partial charge in [-0.2, -0.15) is 0 Å². The van der Waals surface area contributed by atoms with Crippen LogP contribution in [-0.4, -0.2) is 39.0 Å². The van der Waals surface area contributed by atoms with E-state index in [4.69, 9.17) is 23.2 Å². The molecule has 20 heavy (non-hydrogen) atoms. The SMILES string of the molecule is CC1(C(=O)O)CCCCN1C(=O)c1cnc(Cl)c(Cl)c1. The number of halogens is 2. The fourth-order valence-electron chi connectivity index (χ4n) is 2.36. The molecule has 1 aromatic rings. The van der Waals surface area contributed by atoms with Crippen molar-refractivity contribution in [3.8, 4) is 0 Å². The highest BCUT2D eigenvalue weighted by atomic mass is 35.5. The first kappa shape index (κ1) is 15.1. The predicted molar refractivity (Wildman–Crippen MR) is 75.2 cm³/mol. The van der Waals surface area contributed by atoms with Gasteiger partial charge in [-0.25, -0.2) is 9.78 Å². The van der Waals surface area contributed by atoms with Gasteiger partial charge in [-0.1, -0.05) is 23.2 Å². The van der Waals surface area contributed by atoms with Crippen molar-refractivity contribution < 1.29 is 14.7 Å². The summed E-state index contributed by atoms with van der Waals surface area (Å²) in [6.07, 6.45) is 3.31. The van der Waals surface area contributed by atoms with E-state index in [1.807, 2.05) is 0 Å². The standard InChI is InChI=1S/C13H14Cl2N2O3/c1-13(12(19)20)4-2-3-5-17(13)11(18)8-6-9(14)10(15)16-7-8/h6-7H,2-5H2,1H3,(H,19,20). The first-order valence-electron chi connectivity index (χ1n) is 6.22. The Morgan fingerprint density at radius 2 is 2.10 bits per heavy atom. The van der Waals surface area contributed by atoms with Gasteiger partial charge in [0.2, 0.25) is 0 Å². The van der Waals surface area contributed by atoms with Crippen LogP contribution in [0.4, 0.5) is 0 Å².